The summed E-state index contributed by atoms with van der Waals surface area (Å²) >= 11 is 3.08. The summed E-state index contributed by atoms with van der Waals surface area (Å²) < 4.78 is 22.6. The van der Waals surface area contributed by atoms with Gasteiger partial charge in [0.2, 0.25) is 10.0 Å². The smallest absolute Gasteiger partial charge is 0.225 e. The predicted molar refractivity (Wildman–Crippen MR) is 54.8 cm³/mol. The van der Waals surface area contributed by atoms with Crippen LogP contribution >= 0.6 is 15.9 Å². The van der Waals surface area contributed by atoms with E-state index in [-0.39, 0.29) is 11.3 Å². The molecule has 1 aromatic rings. The average Bonchev–Trinajstić information content (AvgIpc) is 2.07. The van der Waals surface area contributed by atoms with E-state index in [2.05, 4.69) is 15.9 Å². The maximum absolute atomic E-state index is 11.1. The molecule has 0 saturated heterocycles. The topological polar surface area (TPSA) is 83.9 Å². The lowest BCUT2D eigenvalue weighted by atomic mass is 10.2. The molecule has 4 nitrogen and oxygen atoms in total. The summed E-state index contributed by atoms with van der Waals surface area (Å²) in [6.07, 6.45) is 0.162. The second-order valence-electron chi connectivity index (χ2n) is 2.64. The number of halogens is 1. The molecule has 74 valence electrons. The third-order valence-electron chi connectivity index (χ3n) is 1.59. The maximum Gasteiger partial charge on any atom is 0.239 e. The van der Waals surface area contributed by atoms with Crippen molar-refractivity contribution in [2.75, 3.05) is 0 Å². The van der Waals surface area contributed by atoms with Crippen LogP contribution in [0.2, 0.25) is 0 Å². The first-order valence-electron chi connectivity index (χ1n) is 3.63. The molecule has 0 aliphatic rings. The van der Waals surface area contributed by atoms with E-state index in [0.717, 1.165) is 0 Å². The lowest BCUT2D eigenvalue weighted by Gasteiger charge is -2.03. The van der Waals surface area contributed by atoms with Crippen molar-refractivity contribution in [3.05, 3.63) is 28.2 Å². The van der Waals surface area contributed by atoms with E-state index in [9.17, 15) is 8.42 Å². The Bertz CT molecular complexity index is 491. The Labute approximate surface area is 90.5 Å². The van der Waals surface area contributed by atoms with Gasteiger partial charge in [-0.1, -0.05) is 6.07 Å². The molecule has 0 heterocycles. The molecule has 1 aromatic carbocycles. The van der Waals surface area contributed by atoms with Crippen molar-refractivity contribution in [1.82, 2.24) is 0 Å². The fourth-order valence-electron chi connectivity index (χ4n) is 0.967. The van der Waals surface area contributed by atoms with Gasteiger partial charge in [0, 0.05) is 4.47 Å². The molecule has 6 heteroatoms. The van der Waals surface area contributed by atoms with E-state index in [1.807, 2.05) is 6.07 Å². The Kier molecular flexibility index (Phi) is 3.26. The highest BCUT2D eigenvalue weighted by Gasteiger charge is 2.12. The van der Waals surface area contributed by atoms with Gasteiger partial charge in [0.15, 0.2) is 0 Å². The van der Waals surface area contributed by atoms with Crippen LogP contribution in [-0.4, -0.2) is 8.42 Å². The first-order chi connectivity index (χ1) is 6.45. The molecule has 0 spiro atoms. The van der Waals surface area contributed by atoms with Crippen LogP contribution in [0.25, 0.3) is 0 Å². The lowest BCUT2D eigenvalue weighted by molar-refractivity contribution is 0.597. The molecule has 0 unspecified atom stereocenters. The molecule has 14 heavy (non-hydrogen) atoms. The third kappa shape index (κ3) is 2.54. The Hall–Kier alpha value is -0.900. The van der Waals surface area contributed by atoms with Crippen molar-refractivity contribution >= 4 is 26.0 Å². The molecule has 0 fully saturated rings. The number of nitrogens with zero attached hydrogens (tertiary/aromatic N) is 1. The minimum absolute atomic E-state index is 0.00486. The van der Waals surface area contributed by atoms with Gasteiger partial charge in [0.1, 0.15) is 0 Å². The third-order valence-corrected chi connectivity index (χ3v) is 3.49. The molecule has 0 aromatic heterocycles. The molecule has 0 amide bonds. The molecule has 2 N–H and O–H groups in total. The fraction of sp³-hybridized carbons (Fsp3) is 0.125. The number of hydrogen-bond donors (Lipinski definition) is 1. The molecular weight excluding hydrogens is 268 g/mol. The van der Waals surface area contributed by atoms with Crippen LogP contribution in [0.4, 0.5) is 0 Å². The summed E-state index contributed by atoms with van der Waals surface area (Å²) in [4.78, 5) is 0.00486. The summed E-state index contributed by atoms with van der Waals surface area (Å²) in [5, 5.41) is 13.4. The van der Waals surface area contributed by atoms with Gasteiger partial charge in [-0.3, -0.25) is 0 Å². The van der Waals surface area contributed by atoms with Crippen LogP contribution in [0, 0.1) is 11.3 Å². The number of sulfonamides is 1. The zero-order valence-corrected chi connectivity index (χ0v) is 9.47. The van der Waals surface area contributed by atoms with Crippen LogP contribution in [0.3, 0.4) is 0 Å². The molecule has 1 rings (SSSR count). The van der Waals surface area contributed by atoms with Crippen molar-refractivity contribution in [3.8, 4) is 6.07 Å². The van der Waals surface area contributed by atoms with Crippen molar-refractivity contribution in [2.24, 2.45) is 5.14 Å². The van der Waals surface area contributed by atoms with Gasteiger partial charge < -0.3 is 0 Å². The quantitative estimate of drug-likeness (QED) is 0.879. The second-order valence-corrected chi connectivity index (χ2v) is 5.03. The van der Waals surface area contributed by atoms with Crippen LogP contribution in [0.1, 0.15) is 5.56 Å². The van der Waals surface area contributed by atoms with Crippen molar-refractivity contribution in [3.63, 3.8) is 0 Å². The van der Waals surface area contributed by atoms with Gasteiger partial charge in [-0.15, -0.1) is 0 Å². The lowest BCUT2D eigenvalue weighted by Crippen LogP contribution is -2.13. The van der Waals surface area contributed by atoms with Crippen molar-refractivity contribution < 1.29 is 8.42 Å². The van der Waals surface area contributed by atoms with Gasteiger partial charge in [-0.05, 0) is 33.6 Å². The van der Waals surface area contributed by atoms with Crippen LogP contribution in [0.15, 0.2) is 27.6 Å². The van der Waals surface area contributed by atoms with Crippen LogP contribution in [0.5, 0.6) is 0 Å². The van der Waals surface area contributed by atoms with Crippen molar-refractivity contribution in [1.29, 1.82) is 5.26 Å². The standard InChI is InChI=1S/C8H7BrN2O2S/c9-7-2-1-6(3-4-10)5-8(7)14(11,12)13/h1-2,5H,3H2,(H2,11,12,13). The number of nitriles is 1. The SMILES string of the molecule is N#CCc1ccc(Br)c(S(N)(=O)=O)c1. The van der Waals surface area contributed by atoms with Crippen LogP contribution in [-0.2, 0) is 16.4 Å². The number of rotatable bonds is 2. The zero-order chi connectivity index (χ0) is 10.8. The Morgan fingerprint density at radius 2 is 2.14 bits per heavy atom. The highest BCUT2D eigenvalue weighted by molar-refractivity contribution is 9.10. The monoisotopic (exact) mass is 274 g/mol. The van der Waals surface area contributed by atoms with Gasteiger partial charge >= 0.3 is 0 Å². The number of hydrogen-bond acceptors (Lipinski definition) is 3. The number of nitrogens with two attached hydrogens (primary N) is 1. The second kappa shape index (κ2) is 4.09. The minimum Gasteiger partial charge on any atom is -0.225 e. The van der Waals surface area contributed by atoms with Crippen LogP contribution < -0.4 is 5.14 Å². The fourth-order valence-corrected chi connectivity index (χ4v) is 2.55. The first-order valence-corrected chi connectivity index (χ1v) is 5.97. The first kappa shape index (κ1) is 11.2. The van der Waals surface area contributed by atoms with Gasteiger partial charge in [-0.2, -0.15) is 5.26 Å². The summed E-state index contributed by atoms with van der Waals surface area (Å²) in [7, 11) is -3.73. The van der Waals surface area contributed by atoms with E-state index >= 15 is 0 Å². The highest BCUT2D eigenvalue weighted by Crippen LogP contribution is 2.22. The molecular formula is C8H7BrN2O2S. The van der Waals surface area contributed by atoms with E-state index in [4.69, 9.17) is 10.4 Å². The van der Waals surface area contributed by atoms with Crippen molar-refractivity contribution in [2.45, 2.75) is 11.3 Å². The Morgan fingerprint density at radius 3 is 2.64 bits per heavy atom. The average molecular weight is 275 g/mol. The Morgan fingerprint density at radius 1 is 1.50 bits per heavy atom. The number of benzene rings is 1. The van der Waals surface area contributed by atoms with Gasteiger partial charge in [-0.25, -0.2) is 13.6 Å². The predicted octanol–water partition coefficient (Wildman–Crippen LogP) is 1.16. The summed E-state index contributed by atoms with van der Waals surface area (Å²) in [5.74, 6) is 0. The van der Waals surface area contributed by atoms with E-state index < -0.39 is 10.0 Å². The van der Waals surface area contributed by atoms with Gasteiger partial charge in [0.25, 0.3) is 0 Å². The zero-order valence-electron chi connectivity index (χ0n) is 7.07. The normalized spacial score (nSPS) is 10.9. The van der Waals surface area contributed by atoms with E-state index in [1.54, 1.807) is 12.1 Å². The molecule has 0 aliphatic heterocycles. The maximum atomic E-state index is 11.1. The molecule has 0 radical (unpaired) electrons. The minimum atomic E-state index is -3.73. The summed E-state index contributed by atoms with van der Waals surface area (Å²) in [6, 6.07) is 6.55. The van der Waals surface area contributed by atoms with E-state index in [0.29, 0.717) is 10.0 Å². The number of primary sulfonamides is 1. The highest BCUT2D eigenvalue weighted by atomic mass is 79.9. The van der Waals surface area contributed by atoms with E-state index in [1.165, 1.54) is 6.07 Å². The molecule has 0 bridgehead atoms. The summed E-state index contributed by atoms with van der Waals surface area (Å²) in [6.45, 7) is 0. The largest absolute Gasteiger partial charge is 0.239 e. The molecule has 0 aliphatic carbocycles. The molecule has 0 saturated carbocycles. The van der Waals surface area contributed by atoms with Gasteiger partial charge in [0.05, 0.1) is 17.4 Å². The Balaban J connectivity index is 3.31. The summed E-state index contributed by atoms with van der Waals surface area (Å²) in [5.41, 5.74) is 0.625. The molecule has 0 atom stereocenters.